The van der Waals surface area contributed by atoms with Crippen molar-refractivity contribution in [3.63, 3.8) is 0 Å². The van der Waals surface area contributed by atoms with Crippen molar-refractivity contribution in [3.8, 4) is 5.75 Å². The topological polar surface area (TPSA) is 64.4 Å². The highest BCUT2D eigenvalue weighted by atomic mass is 35.5. The lowest BCUT2D eigenvalue weighted by atomic mass is 10.2. The Kier molecular flexibility index (Phi) is 5.30. The largest absolute Gasteiger partial charge is 0.433 e. The second kappa shape index (κ2) is 6.51. The molecule has 7 heteroatoms. The Labute approximate surface area is 108 Å². The lowest BCUT2D eigenvalue weighted by molar-refractivity contribution is -0.117. The Morgan fingerprint density at radius 3 is 2.72 bits per heavy atom. The molecule has 18 heavy (non-hydrogen) atoms. The minimum absolute atomic E-state index is 0.0156. The van der Waals surface area contributed by atoms with Gasteiger partial charge in [-0.15, -0.1) is 0 Å². The SMILES string of the molecule is CC[C@@H](N)C(=O)Nc1ccc(OC(F)F)c(Cl)c1. The van der Waals surface area contributed by atoms with Gasteiger partial charge in [-0.25, -0.2) is 0 Å². The van der Waals surface area contributed by atoms with Crippen LogP contribution >= 0.6 is 11.6 Å². The fraction of sp³-hybridized carbons (Fsp3) is 0.364. The number of halogens is 3. The summed E-state index contributed by atoms with van der Waals surface area (Å²) in [4.78, 5) is 11.5. The summed E-state index contributed by atoms with van der Waals surface area (Å²) in [7, 11) is 0. The van der Waals surface area contributed by atoms with E-state index in [-0.39, 0.29) is 16.7 Å². The van der Waals surface area contributed by atoms with Gasteiger partial charge in [0.2, 0.25) is 5.91 Å². The molecule has 0 aliphatic carbocycles. The zero-order valence-electron chi connectivity index (χ0n) is 9.62. The van der Waals surface area contributed by atoms with Crippen molar-refractivity contribution in [1.82, 2.24) is 0 Å². The number of alkyl halides is 2. The molecule has 1 atom stereocenters. The van der Waals surface area contributed by atoms with E-state index in [4.69, 9.17) is 17.3 Å². The number of amides is 1. The van der Waals surface area contributed by atoms with Crippen LogP contribution in [0.25, 0.3) is 0 Å². The molecule has 0 aromatic heterocycles. The van der Waals surface area contributed by atoms with Crippen LogP contribution in [0.1, 0.15) is 13.3 Å². The summed E-state index contributed by atoms with van der Waals surface area (Å²) in [6, 6.07) is 3.35. The molecule has 0 spiro atoms. The zero-order valence-corrected chi connectivity index (χ0v) is 10.4. The molecule has 0 saturated carbocycles. The van der Waals surface area contributed by atoms with Crippen LogP contribution in [0, 0.1) is 0 Å². The van der Waals surface area contributed by atoms with Gasteiger partial charge in [-0.2, -0.15) is 8.78 Å². The van der Waals surface area contributed by atoms with Gasteiger partial charge in [-0.1, -0.05) is 18.5 Å². The number of carbonyl (C=O) groups excluding carboxylic acids is 1. The van der Waals surface area contributed by atoms with Crippen molar-refractivity contribution in [1.29, 1.82) is 0 Å². The van der Waals surface area contributed by atoms with Crippen molar-refractivity contribution in [2.75, 3.05) is 5.32 Å². The van der Waals surface area contributed by atoms with Crippen LogP contribution in [0.3, 0.4) is 0 Å². The summed E-state index contributed by atoms with van der Waals surface area (Å²) in [6.07, 6.45) is 0.492. The summed E-state index contributed by atoms with van der Waals surface area (Å²) in [5.74, 6) is -0.513. The van der Waals surface area contributed by atoms with Crippen LogP contribution in [-0.4, -0.2) is 18.6 Å². The first-order valence-electron chi connectivity index (χ1n) is 5.24. The number of rotatable bonds is 5. The molecule has 0 aliphatic heterocycles. The molecule has 0 bridgehead atoms. The smallest absolute Gasteiger partial charge is 0.387 e. The fourth-order valence-corrected chi connectivity index (χ4v) is 1.42. The second-order valence-corrected chi connectivity index (χ2v) is 3.93. The molecule has 0 radical (unpaired) electrons. The molecule has 3 N–H and O–H groups in total. The lowest BCUT2D eigenvalue weighted by Gasteiger charge is -2.12. The van der Waals surface area contributed by atoms with E-state index >= 15 is 0 Å². The quantitative estimate of drug-likeness (QED) is 0.870. The molecule has 1 aromatic carbocycles. The Morgan fingerprint density at radius 2 is 2.22 bits per heavy atom. The van der Waals surface area contributed by atoms with Crippen molar-refractivity contribution in [2.24, 2.45) is 5.73 Å². The molecule has 1 amide bonds. The van der Waals surface area contributed by atoms with Gasteiger partial charge in [0.25, 0.3) is 0 Å². The summed E-state index contributed by atoms with van der Waals surface area (Å²) in [5.41, 5.74) is 5.90. The molecular weight excluding hydrogens is 266 g/mol. The van der Waals surface area contributed by atoms with Gasteiger partial charge in [0.05, 0.1) is 11.1 Å². The van der Waals surface area contributed by atoms with E-state index in [1.165, 1.54) is 18.2 Å². The summed E-state index contributed by atoms with van der Waals surface area (Å²) in [5, 5.41) is 2.51. The van der Waals surface area contributed by atoms with Gasteiger partial charge in [0.15, 0.2) is 0 Å². The summed E-state index contributed by atoms with van der Waals surface area (Å²) in [6.45, 7) is -1.17. The van der Waals surface area contributed by atoms with Crippen LogP contribution < -0.4 is 15.8 Å². The molecule has 100 valence electrons. The fourth-order valence-electron chi connectivity index (χ4n) is 1.19. The number of hydrogen-bond acceptors (Lipinski definition) is 3. The Hall–Kier alpha value is -1.40. The van der Waals surface area contributed by atoms with Crippen LogP contribution in [0.2, 0.25) is 5.02 Å². The minimum Gasteiger partial charge on any atom is -0.433 e. The highest BCUT2D eigenvalue weighted by Crippen LogP contribution is 2.28. The van der Waals surface area contributed by atoms with Crippen molar-refractivity contribution in [2.45, 2.75) is 26.0 Å². The molecule has 0 saturated heterocycles. The molecule has 0 unspecified atom stereocenters. The Morgan fingerprint density at radius 1 is 1.56 bits per heavy atom. The molecule has 1 rings (SSSR count). The number of hydrogen-bond donors (Lipinski definition) is 2. The monoisotopic (exact) mass is 278 g/mol. The molecular formula is C11H13ClF2N2O2. The first kappa shape index (κ1) is 14.7. The third kappa shape index (κ3) is 4.12. The standard InChI is InChI=1S/C11H13ClF2N2O2/c1-2-8(15)10(17)16-6-3-4-9(7(12)5-6)18-11(13)14/h3-5,8,11H,2,15H2,1H3,(H,16,17)/t8-/m1/s1. The zero-order chi connectivity index (χ0) is 13.7. The van der Waals surface area contributed by atoms with E-state index in [9.17, 15) is 13.6 Å². The molecule has 0 aliphatic rings. The predicted octanol–water partition coefficient (Wildman–Crippen LogP) is 2.62. The normalized spacial score (nSPS) is 12.3. The first-order valence-corrected chi connectivity index (χ1v) is 5.62. The van der Waals surface area contributed by atoms with Crippen molar-refractivity contribution < 1.29 is 18.3 Å². The van der Waals surface area contributed by atoms with Crippen molar-refractivity contribution >= 4 is 23.2 Å². The Bertz CT molecular complexity index is 430. The van der Waals surface area contributed by atoms with Crippen LogP contribution in [0.5, 0.6) is 5.75 Å². The first-order chi connectivity index (χ1) is 8.43. The van der Waals surface area contributed by atoms with Crippen molar-refractivity contribution in [3.05, 3.63) is 23.2 Å². The number of ether oxygens (including phenoxy) is 1. The average molecular weight is 279 g/mol. The van der Waals surface area contributed by atoms with Gasteiger partial charge in [-0.05, 0) is 24.6 Å². The maximum absolute atomic E-state index is 12.0. The molecule has 4 nitrogen and oxygen atoms in total. The number of anilines is 1. The second-order valence-electron chi connectivity index (χ2n) is 3.53. The van der Waals surface area contributed by atoms with Gasteiger partial charge >= 0.3 is 6.61 Å². The maximum atomic E-state index is 12.0. The van der Waals surface area contributed by atoms with E-state index in [0.29, 0.717) is 12.1 Å². The lowest BCUT2D eigenvalue weighted by Crippen LogP contribution is -2.34. The molecule has 0 fully saturated rings. The van der Waals surface area contributed by atoms with E-state index < -0.39 is 12.7 Å². The third-order valence-electron chi connectivity index (χ3n) is 2.19. The average Bonchev–Trinajstić information content (AvgIpc) is 2.31. The van der Waals surface area contributed by atoms with Gasteiger partial charge in [0, 0.05) is 5.69 Å². The summed E-state index contributed by atoms with van der Waals surface area (Å²) < 4.78 is 28.2. The van der Waals surface area contributed by atoms with Gasteiger partial charge in [-0.3, -0.25) is 4.79 Å². The third-order valence-corrected chi connectivity index (χ3v) is 2.49. The van der Waals surface area contributed by atoms with Crippen LogP contribution in [0.15, 0.2) is 18.2 Å². The molecule has 1 aromatic rings. The number of nitrogens with two attached hydrogens (primary N) is 1. The maximum Gasteiger partial charge on any atom is 0.387 e. The van der Waals surface area contributed by atoms with E-state index in [1.807, 2.05) is 0 Å². The van der Waals surface area contributed by atoms with Crippen LogP contribution in [-0.2, 0) is 4.79 Å². The van der Waals surface area contributed by atoms with E-state index in [0.717, 1.165) is 0 Å². The van der Waals surface area contributed by atoms with Gasteiger partial charge < -0.3 is 15.8 Å². The summed E-state index contributed by atoms with van der Waals surface area (Å²) >= 11 is 5.73. The Balaban J connectivity index is 2.75. The number of nitrogens with one attached hydrogen (secondary N) is 1. The minimum atomic E-state index is -2.95. The van der Waals surface area contributed by atoms with E-state index in [2.05, 4.69) is 10.1 Å². The highest BCUT2D eigenvalue weighted by Gasteiger charge is 2.13. The number of benzene rings is 1. The predicted molar refractivity (Wildman–Crippen MR) is 65.0 cm³/mol. The van der Waals surface area contributed by atoms with Gasteiger partial charge in [0.1, 0.15) is 5.75 Å². The number of carbonyl (C=O) groups is 1. The van der Waals surface area contributed by atoms with Crippen LogP contribution in [0.4, 0.5) is 14.5 Å². The van der Waals surface area contributed by atoms with E-state index in [1.54, 1.807) is 6.92 Å². The molecule has 0 heterocycles. The highest BCUT2D eigenvalue weighted by molar-refractivity contribution is 6.32.